The van der Waals surface area contributed by atoms with E-state index in [9.17, 15) is 9.59 Å². The summed E-state index contributed by atoms with van der Waals surface area (Å²) in [4.78, 5) is 25.2. The van der Waals surface area contributed by atoms with Gasteiger partial charge in [-0.3, -0.25) is 9.59 Å². The minimum Gasteiger partial charge on any atom is -0.383 e. The van der Waals surface area contributed by atoms with Crippen LogP contribution in [0.5, 0.6) is 0 Å². The van der Waals surface area contributed by atoms with Crippen molar-refractivity contribution >= 4 is 11.8 Å². The molecule has 1 heterocycles. The Hall–Kier alpha value is -1.14. The van der Waals surface area contributed by atoms with Gasteiger partial charge in [0.1, 0.15) is 6.04 Å². The van der Waals surface area contributed by atoms with Crippen molar-refractivity contribution in [2.24, 2.45) is 5.73 Å². The summed E-state index contributed by atoms with van der Waals surface area (Å²) < 4.78 is 4.82. The molecule has 0 bridgehead atoms. The highest BCUT2D eigenvalue weighted by Gasteiger charge is 2.39. The van der Waals surface area contributed by atoms with Crippen molar-refractivity contribution in [3.8, 4) is 0 Å². The third-order valence-corrected chi connectivity index (χ3v) is 3.18. The number of ether oxygens (including phenoxy) is 1. The molecule has 1 saturated carbocycles. The van der Waals surface area contributed by atoms with E-state index >= 15 is 0 Å². The Balaban J connectivity index is 1.80. The Bertz CT molecular complexity index is 317. The molecule has 3 N–H and O–H groups in total. The molecule has 1 aliphatic carbocycles. The van der Waals surface area contributed by atoms with Gasteiger partial charge in [-0.15, -0.1) is 0 Å². The average Bonchev–Trinajstić information content (AvgIpc) is 3.04. The molecular formula is C11H19N3O3. The first-order valence-corrected chi connectivity index (χ1v) is 5.96. The molecule has 2 unspecified atom stereocenters. The maximum atomic E-state index is 11.7. The number of nitrogens with zero attached hydrogens (tertiary/aromatic N) is 1. The summed E-state index contributed by atoms with van der Waals surface area (Å²) in [7, 11) is 1.50. The SMILES string of the molecule is COCC(N)C(=O)NC1CC(=O)N(C2CC2)C1. The highest BCUT2D eigenvalue weighted by molar-refractivity contribution is 5.85. The van der Waals surface area contributed by atoms with Crippen LogP contribution in [0.1, 0.15) is 19.3 Å². The number of carbonyl (C=O) groups is 2. The fourth-order valence-electron chi connectivity index (χ4n) is 2.13. The molecule has 2 fully saturated rings. The quantitative estimate of drug-likeness (QED) is 0.636. The second kappa shape index (κ2) is 5.01. The van der Waals surface area contributed by atoms with Gasteiger partial charge in [-0.1, -0.05) is 0 Å². The van der Waals surface area contributed by atoms with Crippen LogP contribution >= 0.6 is 0 Å². The first-order chi connectivity index (χ1) is 8.11. The lowest BCUT2D eigenvalue weighted by molar-refractivity contribution is -0.128. The van der Waals surface area contributed by atoms with E-state index in [1.54, 1.807) is 0 Å². The van der Waals surface area contributed by atoms with E-state index in [4.69, 9.17) is 10.5 Å². The molecule has 0 aromatic carbocycles. The number of carbonyl (C=O) groups excluding carboxylic acids is 2. The maximum Gasteiger partial charge on any atom is 0.239 e. The molecule has 2 rings (SSSR count). The van der Waals surface area contributed by atoms with Gasteiger partial charge in [0.2, 0.25) is 11.8 Å². The highest BCUT2D eigenvalue weighted by atomic mass is 16.5. The highest BCUT2D eigenvalue weighted by Crippen LogP contribution is 2.30. The van der Waals surface area contributed by atoms with Crippen LogP contribution in [-0.2, 0) is 14.3 Å². The number of nitrogens with one attached hydrogen (secondary N) is 1. The second-order valence-electron chi connectivity index (χ2n) is 4.75. The van der Waals surface area contributed by atoms with Crippen molar-refractivity contribution in [1.82, 2.24) is 10.2 Å². The number of hydrogen-bond acceptors (Lipinski definition) is 4. The smallest absolute Gasteiger partial charge is 0.239 e. The predicted octanol–water partition coefficient (Wildman–Crippen LogP) is -1.16. The molecule has 0 radical (unpaired) electrons. The van der Waals surface area contributed by atoms with E-state index in [0.717, 1.165) is 12.8 Å². The van der Waals surface area contributed by atoms with E-state index in [1.165, 1.54) is 7.11 Å². The Morgan fingerprint density at radius 2 is 2.35 bits per heavy atom. The van der Waals surface area contributed by atoms with E-state index in [-0.39, 0.29) is 24.5 Å². The van der Waals surface area contributed by atoms with Crippen LogP contribution in [-0.4, -0.2) is 55.1 Å². The summed E-state index contributed by atoms with van der Waals surface area (Å²) in [5.74, 6) is -0.111. The van der Waals surface area contributed by atoms with Gasteiger partial charge in [0.25, 0.3) is 0 Å². The van der Waals surface area contributed by atoms with Gasteiger partial charge >= 0.3 is 0 Å². The zero-order valence-corrected chi connectivity index (χ0v) is 10.0. The monoisotopic (exact) mass is 241 g/mol. The summed E-state index contributed by atoms with van der Waals surface area (Å²) in [6.45, 7) is 0.813. The fraction of sp³-hybridized carbons (Fsp3) is 0.818. The van der Waals surface area contributed by atoms with Gasteiger partial charge in [0.05, 0.1) is 12.6 Å². The Labute approximate surface area is 100 Å². The minimum atomic E-state index is -0.662. The number of rotatable bonds is 5. The number of amides is 2. The van der Waals surface area contributed by atoms with Crippen molar-refractivity contribution in [2.75, 3.05) is 20.3 Å². The van der Waals surface area contributed by atoms with Crippen LogP contribution in [0.25, 0.3) is 0 Å². The van der Waals surface area contributed by atoms with E-state index in [0.29, 0.717) is 19.0 Å². The molecule has 17 heavy (non-hydrogen) atoms. The molecule has 6 nitrogen and oxygen atoms in total. The third-order valence-electron chi connectivity index (χ3n) is 3.18. The maximum absolute atomic E-state index is 11.7. The molecule has 0 aromatic heterocycles. The molecule has 2 atom stereocenters. The van der Waals surface area contributed by atoms with E-state index in [2.05, 4.69) is 5.32 Å². The number of methoxy groups -OCH3 is 1. The zero-order chi connectivity index (χ0) is 12.4. The topological polar surface area (TPSA) is 84.7 Å². The van der Waals surface area contributed by atoms with Crippen LogP contribution in [0, 0.1) is 0 Å². The largest absolute Gasteiger partial charge is 0.383 e. The third kappa shape index (κ3) is 2.95. The number of hydrogen-bond donors (Lipinski definition) is 2. The van der Waals surface area contributed by atoms with Crippen molar-refractivity contribution in [1.29, 1.82) is 0 Å². The zero-order valence-electron chi connectivity index (χ0n) is 10.0. The lowest BCUT2D eigenvalue weighted by Gasteiger charge is -2.17. The molecular weight excluding hydrogens is 222 g/mol. The van der Waals surface area contributed by atoms with Gasteiger partial charge < -0.3 is 20.7 Å². The molecule has 96 valence electrons. The van der Waals surface area contributed by atoms with Gasteiger partial charge in [0.15, 0.2) is 0 Å². The van der Waals surface area contributed by atoms with Crippen molar-refractivity contribution < 1.29 is 14.3 Å². The van der Waals surface area contributed by atoms with Crippen LogP contribution in [0.2, 0.25) is 0 Å². The summed E-state index contributed by atoms with van der Waals surface area (Å²) in [5, 5.41) is 2.80. The van der Waals surface area contributed by atoms with Crippen LogP contribution in [0.3, 0.4) is 0 Å². The predicted molar refractivity (Wildman–Crippen MR) is 61.1 cm³/mol. The number of nitrogens with two attached hydrogens (primary N) is 1. The van der Waals surface area contributed by atoms with Gasteiger partial charge in [-0.05, 0) is 12.8 Å². The first-order valence-electron chi connectivity index (χ1n) is 5.96. The van der Waals surface area contributed by atoms with Crippen molar-refractivity contribution in [2.45, 2.75) is 37.4 Å². The minimum absolute atomic E-state index is 0.0986. The lowest BCUT2D eigenvalue weighted by atomic mass is 10.2. The van der Waals surface area contributed by atoms with Crippen LogP contribution in [0.15, 0.2) is 0 Å². The molecule has 2 amide bonds. The Kier molecular flexibility index (Phi) is 3.63. The van der Waals surface area contributed by atoms with E-state index < -0.39 is 6.04 Å². The summed E-state index contributed by atoms with van der Waals surface area (Å²) in [6, 6.07) is -0.347. The lowest BCUT2D eigenvalue weighted by Crippen LogP contribution is -2.48. The summed E-state index contributed by atoms with van der Waals surface area (Å²) in [5.41, 5.74) is 5.61. The molecule has 0 spiro atoms. The molecule has 6 heteroatoms. The number of likely N-dealkylation sites (tertiary alicyclic amines) is 1. The molecule has 1 saturated heterocycles. The van der Waals surface area contributed by atoms with Crippen molar-refractivity contribution in [3.05, 3.63) is 0 Å². The average molecular weight is 241 g/mol. The van der Waals surface area contributed by atoms with Crippen LogP contribution in [0.4, 0.5) is 0 Å². The molecule has 0 aromatic rings. The standard InChI is InChI=1S/C11H19N3O3/c1-17-6-9(12)11(16)13-7-4-10(15)14(5-7)8-2-3-8/h7-9H,2-6,12H2,1H3,(H,13,16). The van der Waals surface area contributed by atoms with Gasteiger partial charge in [-0.25, -0.2) is 0 Å². The summed E-state index contributed by atoms with van der Waals surface area (Å²) >= 11 is 0. The van der Waals surface area contributed by atoms with Gasteiger partial charge in [0, 0.05) is 26.1 Å². The Morgan fingerprint density at radius 1 is 1.65 bits per heavy atom. The fourth-order valence-corrected chi connectivity index (χ4v) is 2.13. The molecule has 2 aliphatic rings. The van der Waals surface area contributed by atoms with Crippen molar-refractivity contribution in [3.63, 3.8) is 0 Å². The Morgan fingerprint density at radius 3 is 2.94 bits per heavy atom. The molecule has 1 aliphatic heterocycles. The van der Waals surface area contributed by atoms with Crippen LogP contribution < -0.4 is 11.1 Å². The second-order valence-corrected chi connectivity index (χ2v) is 4.75. The van der Waals surface area contributed by atoms with Gasteiger partial charge in [-0.2, -0.15) is 0 Å². The van der Waals surface area contributed by atoms with E-state index in [1.807, 2.05) is 4.90 Å². The first kappa shape index (κ1) is 12.3. The normalized spacial score (nSPS) is 26.1. The summed E-state index contributed by atoms with van der Waals surface area (Å²) in [6.07, 6.45) is 2.58.